The van der Waals surface area contributed by atoms with Crippen molar-refractivity contribution in [3.63, 3.8) is 0 Å². The lowest BCUT2D eigenvalue weighted by atomic mass is 10.1. The third-order valence-electron chi connectivity index (χ3n) is 2.41. The molecular formula is C10H14N2. The summed E-state index contributed by atoms with van der Waals surface area (Å²) in [6.07, 6.45) is 4.56. The summed E-state index contributed by atoms with van der Waals surface area (Å²) in [5, 5.41) is 3.32. The molecule has 1 aliphatic carbocycles. The normalized spacial score (nSPS) is 19.1. The highest BCUT2D eigenvalue weighted by Crippen LogP contribution is 2.39. The van der Waals surface area contributed by atoms with Crippen LogP contribution in [0.25, 0.3) is 0 Å². The fourth-order valence-electron chi connectivity index (χ4n) is 1.61. The molecule has 2 heteroatoms. The van der Waals surface area contributed by atoms with Gasteiger partial charge in [-0.15, -0.1) is 0 Å². The molecule has 0 aromatic carbocycles. The lowest BCUT2D eigenvalue weighted by Gasteiger charge is -2.13. The Morgan fingerprint density at radius 1 is 1.50 bits per heavy atom. The maximum absolute atomic E-state index is 4.35. The molecule has 0 spiro atoms. The van der Waals surface area contributed by atoms with Gasteiger partial charge in [0.2, 0.25) is 0 Å². The summed E-state index contributed by atoms with van der Waals surface area (Å²) in [6.45, 7) is 0. The van der Waals surface area contributed by atoms with Gasteiger partial charge < -0.3 is 5.32 Å². The minimum atomic E-state index is 0.478. The van der Waals surface area contributed by atoms with E-state index in [2.05, 4.69) is 22.4 Å². The molecule has 0 aliphatic heterocycles. The first-order valence-corrected chi connectivity index (χ1v) is 4.50. The van der Waals surface area contributed by atoms with Crippen LogP contribution in [-0.2, 0) is 0 Å². The maximum atomic E-state index is 4.35. The van der Waals surface area contributed by atoms with E-state index in [4.69, 9.17) is 0 Å². The predicted octanol–water partition coefficient (Wildman–Crippen LogP) is 1.75. The lowest BCUT2D eigenvalue weighted by molar-refractivity contribution is 0.515. The minimum absolute atomic E-state index is 0.478. The Labute approximate surface area is 73.0 Å². The second-order valence-corrected chi connectivity index (χ2v) is 3.36. The summed E-state index contributed by atoms with van der Waals surface area (Å²) in [7, 11) is 2.01. The van der Waals surface area contributed by atoms with Gasteiger partial charge in [-0.2, -0.15) is 0 Å². The molecule has 1 atom stereocenters. The highest BCUT2D eigenvalue weighted by Gasteiger charge is 2.31. The van der Waals surface area contributed by atoms with Crippen molar-refractivity contribution in [1.29, 1.82) is 0 Å². The average Bonchev–Trinajstić information content (AvgIpc) is 2.92. The van der Waals surface area contributed by atoms with E-state index in [-0.39, 0.29) is 0 Å². The molecule has 1 fully saturated rings. The molecule has 1 saturated carbocycles. The van der Waals surface area contributed by atoms with E-state index in [1.54, 1.807) is 0 Å². The molecule has 1 aromatic rings. The molecule has 2 rings (SSSR count). The van der Waals surface area contributed by atoms with E-state index in [1.165, 1.54) is 18.5 Å². The second-order valence-electron chi connectivity index (χ2n) is 3.36. The fourth-order valence-corrected chi connectivity index (χ4v) is 1.61. The van der Waals surface area contributed by atoms with Gasteiger partial charge in [0.25, 0.3) is 0 Å². The first-order chi connectivity index (χ1) is 5.92. The van der Waals surface area contributed by atoms with Crippen LogP contribution < -0.4 is 5.32 Å². The van der Waals surface area contributed by atoms with Crippen molar-refractivity contribution < 1.29 is 0 Å². The molecular weight excluding hydrogens is 148 g/mol. The van der Waals surface area contributed by atoms with Gasteiger partial charge in [-0.25, -0.2) is 0 Å². The van der Waals surface area contributed by atoms with Gasteiger partial charge in [0, 0.05) is 6.20 Å². The molecule has 2 nitrogen and oxygen atoms in total. The number of hydrogen-bond donors (Lipinski definition) is 1. The minimum Gasteiger partial charge on any atom is -0.311 e. The monoisotopic (exact) mass is 162 g/mol. The summed E-state index contributed by atoms with van der Waals surface area (Å²) >= 11 is 0. The van der Waals surface area contributed by atoms with Gasteiger partial charge in [0.15, 0.2) is 0 Å². The van der Waals surface area contributed by atoms with Crippen molar-refractivity contribution >= 4 is 0 Å². The zero-order valence-electron chi connectivity index (χ0n) is 7.33. The van der Waals surface area contributed by atoms with E-state index in [0.29, 0.717) is 6.04 Å². The number of nitrogens with zero attached hydrogens (tertiary/aromatic N) is 1. The summed E-state index contributed by atoms with van der Waals surface area (Å²) in [5.41, 5.74) is 1.18. The molecule has 1 unspecified atom stereocenters. The van der Waals surface area contributed by atoms with Crippen LogP contribution in [0.3, 0.4) is 0 Å². The van der Waals surface area contributed by atoms with Gasteiger partial charge in [-0.1, -0.05) is 6.07 Å². The Bertz CT molecular complexity index is 241. The van der Waals surface area contributed by atoms with Crippen LogP contribution in [0.5, 0.6) is 0 Å². The molecule has 0 bridgehead atoms. The van der Waals surface area contributed by atoms with Crippen molar-refractivity contribution in [2.24, 2.45) is 5.92 Å². The standard InChI is InChI=1S/C10H14N2/c1-11-10(8-5-6-8)9-4-2-3-7-12-9/h2-4,7-8,10-11H,5-6H2,1H3. The largest absolute Gasteiger partial charge is 0.311 e. The van der Waals surface area contributed by atoms with Crippen LogP contribution in [0.4, 0.5) is 0 Å². The fraction of sp³-hybridized carbons (Fsp3) is 0.500. The predicted molar refractivity (Wildman–Crippen MR) is 48.8 cm³/mol. The lowest BCUT2D eigenvalue weighted by Crippen LogP contribution is -2.19. The molecule has 1 N–H and O–H groups in total. The van der Waals surface area contributed by atoms with E-state index in [0.717, 1.165) is 5.92 Å². The van der Waals surface area contributed by atoms with Crippen LogP contribution >= 0.6 is 0 Å². The van der Waals surface area contributed by atoms with Crippen LogP contribution in [0.15, 0.2) is 24.4 Å². The van der Waals surface area contributed by atoms with Gasteiger partial charge in [-0.3, -0.25) is 4.98 Å². The van der Waals surface area contributed by atoms with E-state index >= 15 is 0 Å². The Hall–Kier alpha value is -0.890. The number of hydrogen-bond acceptors (Lipinski definition) is 2. The van der Waals surface area contributed by atoms with Gasteiger partial charge in [-0.05, 0) is 37.9 Å². The van der Waals surface area contributed by atoms with Crippen molar-refractivity contribution in [3.8, 4) is 0 Å². The topological polar surface area (TPSA) is 24.9 Å². The molecule has 1 aliphatic rings. The SMILES string of the molecule is CNC(c1ccccn1)C1CC1. The number of aromatic nitrogens is 1. The third kappa shape index (κ3) is 1.48. The molecule has 1 heterocycles. The Balaban J connectivity index is 2.15. The van der Waals surface area contributed by atoms with Crippen LogP contribution in [0.1, 0.15) is 24.6 Å². The number of pyridine rings is 1. The van der Waals surface area contributed by atoms with Crippen molar-refractivity contribution in [2.45, 2.75) is 18.9 Å². The van der Waals surface area contributed by atoms with Crippen LogP contribution in [0.2, 0.25) is 0 Å². The molecule has 1 aromatic heterocycles. The van der Waals surface area contributed by atoms with Crippen molar-refractivity contribution in [1.82, 2.24) is 10.3 Å². The zero-order valence-corrected chi connectivity index (χ0v) is 7.33. The smallest absolute Gasteiger partial charge is 0.0575 e. The summed E-state index contributed by atoms with van der Waals surface area (Å²) in [4.78, 5) is 4.35. The summed E-state index contributed by atoms with van der Waals surface area (Å²) in [5.74, 6) is 0.824. The van der Waals surface area contributed by atoms with Crippen molar-refractivity contribution in [2.75, 3.05) is 7.05 Å². The van der Waals surface area contributed by atoms with E-state index in [1.807, 2.05) is 19.3 Å². The summed E-state index contributed by atoms with van der Waals surface area (Å²) < 4.78 is 0. The third-order valence-corrected chi connectivity index (χ3v) is 2.41. The Morgan fingerprint density at radius 2 is 2.33 bits per heavy atom. The van der Waals surface area contributed by atoms with E-state index < -0.39 is 0 Å². The maximum Gasteiger partial charge on any atom is 0.0575 e. The Morgan fingerprint density at radius 3 is 2.83 bits per heavy atom. The highest BCUT2D eigenvalue weighted by molar-refractivity contribution is 5.11. The first kappa shape index (κ1) is 7.74. The molecule has 0 radical (unpaired) electrons. The average molecular weight is 162 g/mol. The van der Waals surface area contributed by atoms with Gasteiger partial charge in [0.05, 0.1) is 11.7 Å². The second kappa shape index (κ2) is 3.23. The van der Waals surface area contributed by atoms with Crippen molar-refractivity contribution in [3.05, 3.63) is 30.1 Å². The molecule has 0 amide bonds. The summed E-state index contributed by atoms with van der Waals surface area (Å²) in [6, 6.07) is 6.59. The quantitative estimate of drug-likeness (QED) is 0.732. The van der Waals surface area contributed by atoms with Gasteiger partial charge in [0.1, 0.15) is 0 Å². The first-order valence-electron chi connectivity index (χ1n) is 4.50. The molecule has 64 valence electrons. The number of rotatable bonds is 3. The molecule has 0 saturated heterocycles. The molecule has 12 heavy (non-hydrogen) atoms. The van der Waals surface area contributed by atoms with Crippen LogP contribution in [-0.4, -0.2) is 12.0 Å². The highest BCUT2D eigenvalue weighted by atomic mass is 14.9. The Kier molecular flexibility index (Phi) is 2.09. The van der Waals surface area contributed by atoms with E-state index in [9.17, 15) is 0 Å². The zero-order chi connectivity index (χ0) is 8.39. The van der Waals surface area contributed by atoms with Gasteiger partial charge >= 0.3 is 0 Å². The van der Waals surface area contributed by atoms with Crippen LogP contribution in [0, 0.1) is 5.92 Å². The number of nitrogens with one attached hydrogen (secondary N) is 1.